The highest BCUT2D eigenvalue weighted by Crippen LogP contribution is 2.10. The first-order chi connectivity index (χ1) is 7.75. The van der Waals surface area contributed by atoms with Gasteiger partial charge in [0.05, 0.1) is 0 Å². The van der Waals surface area contributed by atoms with Gasteiger partial charge in [-0.1, -0.05) is 23.8 Å². The van der Waals surface area contributed by atoms with Crippen LogP contribution in [0.2, 0.25) is 0 Å². The van der Waals surface area contributed by atoms with Crippen LogP contribution in [0.1, 0.15) is 23.1 Å². The molecule has 2 nitrogen and oxygen atoms in total. The Morgan fingerprint density at radius 1 is 1.38 bits per heavy atom. The third-order valence-corrected chi connectivity index (χ3v) is 3.39. The van der Waals surface area contributed by atoms with E-state index in [2.05, 4.69) is 42.7 Å². The van der Waals surface area contributed by atoms with E-state index in [9.17, 15) is 0 Å². The first kappa shape index (κ1) is 11.6. The van der Waals surface area contributed by atoms with E-state index in [0.29, 0.717) is 6.04 Å². The molecule has 0 amide bonds. The molecule has 0 aromatic heterocycles. The lowest BCUT2D eigenvalue weighted by Crippen LogP contribution is -2.32. The fraction of sp³-hybridized carbons (Fsp3) is 0.571. The first-order valence-electron chi connectivity index (χ1n) is 6.26. The summed E-state index contributed by atoms with van der Waals surface area (Å²) in [6, 6.07) is 7.43. The molecule has 1 unspecified atom stereocenters. The van der Waals surface area contributed by atoms with Gasteiger partial charge in [-0.3, -0.25) is 0 Å². The first-order valence-corrected chi connectivity index (χ1v) is 6.26. The van der Waals surface area contributed by atoms with Gasteiger partial charge >= 0.3 is 0 Å². The summed E-state index contributed by atoms with van der Waals surface area (Å²) in [6.45, 7) is 7.75. The summed E-state index contributed by atoms with van der Waals surface area (Å²) >= 11 is 0. The molecule has 1 saturated heterocycles. The van der Waals surface area contributed by atoms with Crippen molar-refractivity contribution in [2.45, 2.75) is 32.7 Å². The molecule has 0 spiro atoms. The van der Waals surface area contributed by atoms with Gasteiger partial charge in [-0.05, 0) is 50.9 Å². The molecule has 2 N–H and O–H groups in total. The van der Waals surface area contributed by atoms with Gasteiger partial charge in [0.1, 0.15) is 0 Å². The predicted octanol–water partition coefficient (Wildman–Crippen LogP) is 1.80. The molecule has 2 heteroatoms. The maximum atomic E-state index is 3.61. The minimum Gasteiger partial charge on any atom is -0.315 e. The van der Waals surface area contributed by atoms with Gasteiger partial charge in [0.15, 0.2) is 0 Å². The number of benzene rings is 1. The largest absolute Gasteiger partial charge is 0.315 e. The zero-order valence-electron chi connectivity index (χ0n) is 10.3. The Balaban J connectivity index is 1.80. The highest BCUT2D eigenvalue weighted by Gasteiger charge is 2.12. The molecule has 0 saturated carbocycles. The topological polar surface area (TPSA) is 24.1 Å². The van der Waals surface area contributed by atoms with Gasteiger partial charge in [-0.25, -0.2) is 0 Å². The van der Waals surface area contributed by atoms with Crippen LogP contribution in [-0.2, 0) is 6.42 Å². The maximum Gasteiger partial charge on any atom is 0.0204 e. The van der Waals surface area contributed by atoms with Crippen LogP contribution in [0.15, 0.2) is 18.2 Å². The molecule has 16 heavy (non-hydrogen) atoms. The van der Waals surface area contributed by atoms with E-state index in [-0.39, 0.29) is 0 Å². The van der Waals surface area contributed by atoms with Crippen molar-refractivity contribution in [1.82, 2.24) is 10.6 Å². The summed E-state index contributed by atoms with van der Waals surface area (Å²) in [5.74, 6) is 0. The fourth-order valence-corrected chi connectivity index (χ4v) is 2.37. The molecular weight excluding hydrogens is 196 g/mol. The van der Waals surface area contributed by atoms with Crippen LogP contribution in [0.5, 0.6) is 0 Å². The van der Waals surface area contributed by atoms with Crippen molar-refractivity contribution < 1.29 is 0 Å². The van der Waals surface area contributed by atoms with Gasteiger partial charge in [-0.2, -0.15) is 0 Å². The second-order valence-electron chi connectivity index (χ2n) is 4.82. The Hall–Kier alpha value is -0.860. The lowest BCUT2D eigenvalue weighted by atomic mass is 10.0. The Bertz CT molecular complexity index is 341. The van der Waals surface area contributed by atoms with Gasteiger partial charge in [-0.15, -0.1) is 0 Å². The maximum absolute atomic E-state index is 3.61. The normalized spacial score (nSPS) is 20.2. The quantitative estimate of drug-likeness (QED) is 0.805. The lowest BCUT2D eigenvalue weighted by molar-refractivity contribution is 0.550. The Morgan fingerprint density at radius 2 is 2.25 bits per heavy atom. The SMILES string of the molecule is Cc1ccc(CCNC2CCNC2)c(C)c1. The smallest absolute Gasteiger partial charge is 0.0204 e. The highest BCUT2D eigenvalue weighted by atomic mass is 15.0. The average Bonchev–Trinajstić information content (AvgIpc) is 2.74. The number of hydrogen-bond acceptors (Lipinski definition) is 2. The van der Waals surface area contributed by atoms with Crippen molar-refractivity contribution in [3.05, 3.63) is 34.9 Å². The van der Waals surface area contributed by atoms with Gasteiger partial charge < -0.3 is 10.6 Å². The highest BCUT2D eigenvalue weighted by molar-refractivity contribution is 5.30. The molecule has 88 valence electrons. The molecule has 1 fully saturated rings. The van der Waals surface area contributed by atoms with E-state index in [1.807, 2.05) is 0 Å². The van der Waals surface area contributed by atoms with Crippen molar-refractivity contribution in [3.63, 3.8) is 0 Å². The van der Waals surface area contributed by atoms with Crippen LogP contribution in [0.4, 0.5) is 0 Å². The number of nitrogens with one attached hydrogen (secondary N) is 2. The van der Waals surface area contributed by atoms with Crippen molar-refractivity contribution >= 4 is 0 Å². The summed E-state index contributed by atoms with van der Waals surface area (Å²) < 4.78 is 0. The summed E-state index contributed by atoms with van der Waals surface area (Å²) in [4.78, 5) is 0. The minimum atomic E-state index is 0.686. The molecule has 2 rings (SSSR count). The molecule has 0 aliphatic carbocycles. The predicted molar refractivity (Wildman–Crippen MR) is 68.9 cm³/mol. The van der Waals surface area contributed by atoms with E-state index < -0.39 is 0 Å². The second kappa shape index (κ2) is 5.46. The van der Waals surface area contributed by atoms with E-state index in [1.165, 1.54) is 29.7 Å². The van der Waals surface area contributed by atoms with Crippen molar-refractivity contribution in [2.24, 2.45) is 0 Å². The molecule has 1 aromatic rings. The Morgan fingerprint density at radius 3 is 2.94 bits per heavy atom. The van der Waals surface area contributed by atoms with Crippen LogP contribution in [0.3, 0.4) is 0 Å². The number of hydrogen-bond donors (Lipinski definition) is 2. The van der Waals surface area contributed by atoms with Gasteiger partial charge in [0, 0.05) is 12.6 Å². The molecule has 0 radical (unpaired) electrons. The second-order valence-corrected chi connectivity index (χ2v) is 4.82. The van der Waals surface area contributed by atoms with Crippen molar-refractivity contribution in [1.29, 1.82) is 0 Å². The zero-order chi connectivity index (χ0) is 11.4. The summed E-state index contributed by atoms with van der Waals surface area (Å²) in [5.41, 5.74) is 4.25. The number of aryl methyl sites for hydroxylation is 2. The van der Waals surface area contributed by atoms with Crippen LogP contribution < -0.4 is 10.6 Å². The zero-order valence-corrected chi connectivity index (χ0v) is 10.3. The van der Waals surface area contributed by atoms with Crippen LogP contribution in [-0.4, -0.2) is 25.7 Å². The molecule has 0 bridgehead atoms. The van der Waals surface area contributed by atoms with Gasteiger partial charge in [0.25, 0.3) is 0 Å². The molecule has 1 aromatic carbocycles. The monoisotopic (exact) mass is 218 g/mol. The Labute approximate surface area is 98.4 Å². The average molecular weight is 218 g/mol. The van der Waals surface area contributed by atoms with Crippen LogP contribution >= 0.6 is 0 Å². The van der Waals surface area contributed by atoms with E-state index in [1.54, 1.807) is 0 Å². The standard InChI is InChI=1S/C14H22N2/c1-11-3-4-13(12(2)9-11)5-8-16-14-6-7-15-10-14/h3-4,9,14-16H,5-8,10H2,1-2H3. The van der Waals surface area contributed by atoms with E-state index in [0.717, 1.165) is 19.5 Å². The third-order valence-electron chi connectivity index (χ3n) is 3.39. The molecule has 1 aliphatic rings. The molecule has 1 heterocycles. The summed E-state index contributed by atoms with van der Waals surface area (Å²) in [5, 5.41) is 6.99. The van der Waals surface area contributed by atoms with E-state index in [4.69, 9.17) is 0 Å². The van der Waals surface area contributed by atoms with Gasteiger partial charge in [0.2, 0.25) is 0 Å². The van der Waals surface area contributed by atoms with Crippen LogP contribution in [0, 0.1) is 13.8 Å². The van der Waals surface area contributed by atoms with Crippen molar-refractivity contribution in [2.75, 3.05) is 19.6 Å². The molecular formula is C14H22N2. The summed E-state index contributed by atoms with van der Waals surface area (Å²) in [6.07, 6.45) is 2.41. The fourth-order valence-electron chi connectivity index (χ4n) is 2.37. The molecule has 1 aliphatic heterocycles. The lowest BCUT2D eigenvalue weighted by Gasteiger charge is -2.12. The van der Waals surface area contributed by atoms with E-state index >= 15 is 0 Å². The summed E-state index contributed by atoms with van der Waals surface area (Å²) in [7, 11) is 0. The third kappa shape index (κ3) is 3.06. The van der Waals surface area contributed by atoms with Crippen LogP contribution in [0.25, 0.3) is 0 Å². The molecule has 1 atom stereocenters. The number of rotatable bonds is 4. The Kier molecular flexibility index (Phi) is 3.97. The minimum absolute atomic E-state index is 0.686. The van der Waals surface area contributed by atoms with Crippen molar-refractivity contribution in [3.8, 4) is 0 Å².